The third kappa shape index (κ3) is 11.2. The lowest BCUT2D eigenvalue weighted by Crippen LogP contribution is -2.04. The molecule has 10 nitrogen and oxygen atoms in total. The molecule has 276 valence electrons. The third-order valence-corrected chi connectivity index (χ3v) is 7.30. The Morgan fingerprint density at radius 2 is 1.18 bits per heavy atom. The Bertz CT molecular complexity index is 2460. The Labute approximate surface area is 318 Å². The van der Waals surface area contributed by atoms with E-state index in [0.29, 0.717) is 17.1 Å². The van der Waals surface area contributed by atoms with Crippen molar-refractivity contribution in [3.05, 3.63) is 141 Å². The summed E-state index contributed by atoms with van der Waals surface area (Å²) in [5.74, 6) is 5.54. The molecule has 0 radical (unpaired) electrons. The molecule has 2 aromatic carbocycles. The predicted molar refractivity (Wildman–Crippen MR) is 189 cm³/mol. The van der Waals surface area contributed by atoms with E-state index in [1.807, 2.05) is 24.3 Å². The zero-order valence-corrected chi connectivity index (χ0v) is 29.9. The molecule has 0 unspecified atom stereocenters. The van der Waals surface area contributed by atoms with Crippen LogP contribution in [0.5, 0.6) is 11.8 Å². The molecular formula is C38H23BrF6N8O2. The number of hydrogen-bond acceptors (Lipinski definition) is 8. The minimum absolute atomic E-state index is 0.0399. The summed E-state index contributed by atoms with van der Waals surface area (Å²) in [7, 11) is 0. The van der Waals surface area contributed by atoms with E-state index in [2.05, 4.69) is 63.3 Å². The summed E-state index contributed by atoms with van der Waals surface area (Å²) in [5.41, 5.74) is 1.77. The van der Waals surface area contributed by atoms with Crippen molar-refractivity contribution in [2.45, 2.75) is 27.1 Å². The first-order chi connectivity index (χ1) is 26.3. The van der Waals surface area contributed by atoms with E-state index >= 15 is 0 Å². The van der Waals surface area contributed by atoms with Gasteiger partial charge in [0.05, 0.1) is 46.0 Å². The van der Waals surface area contributed by atoms with Crippen molar-refractivity contribution in [3.8, 4) is 59.5 Å². The highest BCUT2D eigenvalue weighted by molar-refractivity contribution is 9.10. The first-order valence-corrected chi connectivity index (χ1v) is 16.1. The second kappa shape index (κ2) is 19.1. The van der Waals surface area contributed by atoms with Gasteiger partial charge >= 0.3 is 13.2 Å². The number of hydrogen-bond donors (Lipinski definition) is 0. The van der Waals surface area contributed by atoms with E-state index in [1.165, 1.54) is 23.7 Å². The Kier molecular flexibility index (Phi) is 14.1. The standard InChI is InChI=1S/C19H11F3N4O.C14H8F3N3O.C5H4BrN/c1-12-17(6-5-15-4-2-3-7-24-15)18(27-19(21)22)25-26(12)16-9-13(11-23)8-14(20)10-16;1-3-12-8(2)20(19-13(12)21-14(16)17)11-5-9(7-18)4-10(15)6-11;6-5-3-1-2-4-7-5/h2-4,7-10,19H,1H3;1,4-6,14H,2H3;1-4H. The van der Waals surface area contributed by atoms with Crippen molar-refractivity contribution in [3.63, 3.8) is 0 Å². The molecule has 0 aliphatic rings. The Hall–Kier alpha value is -7.08. The number of rotatable bonds is 6. The van der Waals surface area contributed by atoms with Crippen molar-refractivity contribution in [1.29, 1.82) is 10.5 Å². The topological polar surface area (TPSA) is 127 Å². The van der Waals surface area contributed by atoms with Gasteiger partial charge in [0.1, 0.15) is 33.1 Å². The van der Waals surface area contributed by atoms with Gasteiger partial charge in [-0.1, -0.05) is 24.0 Å². The van der Waals surface area contributed by atoms with Gasteiger partial charge in [-0.2, -0.15) is 28.1 Å². The molecule has 0 spiro atoms. The van der Waals surface area contributed by atoms with Gasteiger partial charge in [0, 0.05) is 12.4 Å². The van der Waals surface area contributed by atoms with Crippen molar-refractivity contribution in [2.24, 2.45) is 0 Å². The van der Waals surface area contributed by atoms with Gasteiger partial charge in [-0.3, -0.25) is 0 Å². The van der Waals surface area contributed by atoms with E-state index < -0.39 is 36.6 Å². The van der Waals surface area contributed by atoms with Crippen LogP contribution in [-0.4, -0.2) is 42.8 Å². The highest BCUT2D eigenvalue weighted by Crippen LogP contribution is 2.27. The molecule has 0 aliphatic carbocycles. The van der Waals surface area contributed by atoms with E-state index in [0.717, 1.165) is 33.6 Å². The van der Waals surface area contributed by atoms with Crippen LogP contribution in [-0.2, 0) is 0 Å². The zero-order valence-electron chi connectivity index (χ0n) is 28.4. The first kappa shape index (κ1) is 40.7. The lowest BCUT2D eigenvalue weighted by atomic mass is 10.2. The average Bonchev–Trinajstić information content (AvgIpc) is 3.64. The largest absolute Gasteiger partial charge is 0.414 e. The molecule has 4 heterocycles. The maximum Gasteiger partial charge on any atom is 0.388 e. The number of halogens is 7. The second-order valence-corrected chi connectivity index (χ2v) is 11.3. The van der Waals surface area contributed by atoms with E-state index in [4.69, 9.17) is 16.9 Å². The molecule has 0 amide bonds. The quantitative estimate of drug-likeness (QED) is 0.0936. The molecule has 6 rings (SSSR count). The second-order valence-electron chi connectivity index (χ2n) is 10.5. The molecule has 0 atom stereocenters. The number of nitriles is 2. The van der Waals surface area contributed by atoms with Gasteiger partial charge < -0.3 is 9.47 Å². The van der Waals surface area contributed by atoms with Crippen molar-refractivity contribution < 1.29 is 35.8 Å². The van der Waals surface area contributed by atoms with Gasteiger partial charge in [-0.15, -0.1) is 16.6 Å². The summed E-state index contributed by atoms with van der Waals surface area (Å²) < 4.78 is 89.3. The van der Waals surface area contributed by atoms with Gasteiger partial charge in [-0.05, 0) is 96.4 Å². The monoisotopic (exact) mass is 816 g/mol. The molecule has 0 aliphatic heterocycles. The highest BCUT2D eigenvalue weighted by atomic mass is 79.9. The highest BCUT2D eigenvalue weighted by Gasteiger charge is 2.21. The maximum absolute atomic E-state index is 13.7. The smallest absolute Gasteiger partial charge is 0.388 e. The van der Waals surface area contributed by atoms with Crippen LogP contribution in [0, 0.1) is 72.3 Å². The fourth-order valence-electron chi connectivity index (χ4n) is 4.53. The van der Waals surface area contributed by atoms with Crippen LogP contribution in [0.15, 0.2) is 89.8 Å². The first-order valence-electron chi connectivity index (χ1n) is 15.3. The molecule has 4 aromatic heterocycles. The molecule has 6 aromatic rings. The van der Waals surface area contributed by atoms with Crippen LogP contribution in [0.4, 0.5) is 26.3 Å². The van der Waals surface area contributed by atoms with E-state index in [-0.39, 0.29) is 33.6 Å². The number of benzene rings is 2. The Morgan fingerprint density at radius 3 is 1.58 bits per heavy atom. The van der Waals surface area contributed by atoms with Crippen LogP contribution in [0.3, 0.4) is 0 Å². The van der Waals surface area contributed by atoms with Crippen LogP contribution >= 0.6 is 15.9 Å². The number of nitrogens with zero attached hydrogens (tertiary/aromatic N) is 8. The van der Waals surface area contributed by atoms with E-state index in [9.17, 15) is 26.3 Å². The Balaban J connectivity index is 0.000000212. The maximum atomic E-state index is 13.7. The zero-order chi connectivity index (χ0) is 40.1. The Morgan fingerprint density at radius 1 is 0.691 bits per heavy atom. The van der Waals surface area contributed by atoms with Crippen LogP contribution < -0.4 is 9.47 Å². The lowest BCUT2D eigenvalue weighted by Gasteiger charge is -2.04. The fourth-order valence-corrected chi connectivity index (χ4v) is 4.80. The van der Waals surface area contributed by atoms with Gasteiger partial charge in [0.2, 0.25) is 0 Å². The summed E-state index contributed by atoms with van der Waals surface area (Å²) >= 11 is 3.20. The molecule has 0 saturated carbocycles. The van der Waals surface area contributed by atoms with Crippen LogP contribution in [0.1, 0.15) is 39.3 Å². The summed E-state index contributed by atoms with van der Waals surface area (Å²) in [6.07, 6.45) is 8.54. The molecule has 0 fully saturated rings. The molecule has 17 heteroatoms. The number of alkyl halides is 4. The number of ether oxygens (including phenoxy) is 2. The summed E-state index contributed by atoms with van der Waals surface area (Å²) in [6, 6.07) is 21.5. The van der Waals surface area contributed by atoms with Gasteiger partial charge in [0.15, 0.2) is 0 Å². The summed E-state index contributed by atoms with van der Waals surface area (Å²) in [6.45, 7) is -3.09. The van der Waals surface area contributed by atoms with Crippen molar-refractivity contribution in [1.82, 2.24) is 29.5 Å². The molecule has 0 N–H and O–H groups in total. The fraction of sp³-hybridized carbons (Fsp3) is 0.105. The van der Waals surface area contributed by atoms with Gasteiger partial charge in [-0.25, -0.2) is 28.1 Å². The number of terminal acetylenes is 1. The van der Waals surface area contributed by atoms with E-state index in [1.54, 1.807) is 43.6 Å². The summed E-state index contributed by atoms with van der Waals surface area (Å²) in [4.78, 5) is 7.93. The normalized spacial score (nSPS) is 10.0. The van der Waals surface area contributed by atoms with Gasteiger partial charge in [0.25, 0.3) is 11.8 Å². The predicted octanol–water partition coefficient (Wildman–Crippen LogP) is 8.21. The average molecular weight is 818 g/mol. The third-order valence-electron chi connectivity index (χ3n) is 6.84. The number of aromatic nitrogens is 6. The molecule has 55 heavy (non-hydrogen) atoms. The number of pyridine rings is 2. The lowest BCUT2D eigenvalue weighted by molar-refractivity contribution is -0.0539. The minimum Gasteiger partial charge on any atom is -0.414 e. The molecule has 0 bridgehead atoms. The summed E-state index contributed by atoms with van der Waals surface area (Å²) in [5, 5.41) is 25.6. The van der Waals surface area contributed by atoms with Crippen molar-refractivity contribution >= 4 is 15.9 Å². The van der Waals surface area contributed by atoms with Crippen LogP contribution in [0.2, 0.25) is 0 Å². The molecular weight excluding hydrogens is 794 g/mol. The van der Waals surface area contributed by atoms with Crippen LogP contribution in [0.25, 0.3) is 11.4 Å². The SMILES string of the molecule is Brc1ccccn1.C#Cc1c(OC(F)F)nn(-c2cc(F)cc(C#N)c2)c1C.Cc1c(C#Cc2ccccn2)c(OC(F)F)nn1-c1cc(F)cc(C#N)c1. The minimum atomic E-state index is -3.11. The molecule has 0 saturated heterocycles. The van der Waals surface area contributed by atoms with Crippen molar-refractivity contribution in [2.75, 3.05) is 0 Å².